The first kappa shape index (κ1) is 12.7. The van der Waals surface area contributed by atoms with E-state index in [0.717, 1.165) is 24.1 Å². The predicted octanol–water partition coefficient (Wildman–Crippen LogP) is 2.29. The summed E-state index contributed by atoms with van der Waals surface area (Å²) in [6.45, 7) is 5.03. The van der Waals surface area contributed by atoms with Crippen LogP contribution in [0.4, 0.5) is 0 Å². The molecule has 0 saturated carbocycles. The van der Waals surface area contributed by atoms with Crippen molar-refractivity contribution < 1.29 is 5.11 Å². The molecule has 1 aliphatic carbocycles. The number of aliphatic hydroxyl groups is 1. The normalized spacial score (nSPS) is 21.3. The van der Waals surface area contributed by atoms with E-state index in [1.807, 2.05) is 17.6 Å². The van der Waals surface area contributed by atoms with Crippen LogP contribution in [0.25, 0.3) is 0 Å². The molecule has 0 radical (unpaired) electrons. The van der Waals surface area contributed by atoms with Crippen molar-refractivity contribution in [2.24, 2.45) is 5.41 Å². The highest BCUT2D eigenvalue weighted by Gasteiger charge is 2.33. The summed E-state index contributed by atoms with van der Waals surface area (Å²) in [5.74, 6) is 0. The van der Waals surface area contributed by atoms with Gasteiger partial charge in [-0.15, -0.1) is 0 Å². The number of fused-ring (bicyclic) bond motifs is 1. The molecule has 2 heterocycles. The molecule has 19 heavy (non-hydrogen) atoms. The fourth-order valence-corrected chi connectivity index (χ4v) is 3.48. The molecule has 0 saturated heterocycles. The Labute approximate surface area is 115 Å². The summed E-state index contributed by atoms with van der Waals surface area (Å²) in [5.41, 5.74) is 3.27. The molecule has 0 fully saturated rings. The van der Waals surface area contributed by atoms with Gasteiger partial charge in [0.15, 0.2) is 0 Å². The van der Waals surface area contributed by atoms with Crippen LogP contribution in [0.3, 0.4) is 0 Å². The third kappa shape index (κ3) is 2.40. The van der Waals surface area contributed by atoms with Gasteiger partial charge in [0.2, 0.25) is 0 Å². The van der Waals surface area contributed by atoms with Gasteiger partial charge in [-0.1, -0.05) is 25.2 Å². The molecular weight excluding hydrogens is 260 g/mol. The number of H-pyrrole nitrogens is 1. The molecule has 4 nitrogen and oxygen atoms in total. The molecule has 3 rings (SSSR count). The molecule has 0 aromatic carbocycles. The highest BCUT2D eigenvalue weighted by molar-refractivity contribution is 7.07. The Morgan fingerprint density at radius 3 is 3.05 bits per heavy atom. The number of aromatic amines is 1. The molecule has 5 heteroatoms. The number of nitrogens with one attached hydrogen (secondary N) is 1. The molecule has 0 spiro atoms. The summed E-state index contributed by atoms with van der Waals surface area (Å²) in [6.07, 6.45) is 3.40. The maximum absolute atomic E-state index is 11.2. The lowest BCUT2D eigenvalue weighted by Crippen LogP contribution is -2.26. The highest BCUT2D eigenvalue weighted by atomic mass is 32.1. The van der Waals surface area contributed by atoms with Crippen molar-refractivity contribution in [2.75, 3.05) is 0 Å². The van der Waals surface area contributed by atoms with Gasteiger partial charge in [0.1, 0.15) is 0 Å². The zero-order chi connectivity index (χ0) is 13.6. The molecule has 1 atom stereocenters. The molecule has 0 amide bonds. The first-order chi connectivity index (χ1) is 8.94. The van der Waals surface area contributed by atoms with Crippen LogP contribution in [0.15, 0.2) is 22.4 Å². The first-order valence-electron chi connectivity index (χ1n) is 6.47. The Morgan fingerprint density at radius 2 is 2.37 bits per heavy atom. The second-order valence-corrected chi connectivity index (χ2v) is 6.92. The zero-order valence-corrected chi connectivity index (χ0v) is 12.0. The number of thiazole rings is 1. The molecule has 102 valence electrons. The van der Waals surface area contributed by atoms with Gasteiger partial charge < -0.3 is 14.7 Å². The third-order valence-electron chi connectivity index (χ3n) is 3.78. The van der Waals surface area contributed by atoms with E-state index in [4.69, 9.17) is 0 Å². The number of hydrogen-bond donors (Lipinski definition) is 2. The van der Waals surface area contributed by atoms with Crippen LogP contribution >= 0.6 is 11.3 Å². The Bertz CT molecular complexity index is 650. The minimum Gasteiger partial charge on any atom is -0.388 e. The summed E-state index contributed by atoms with van der Waals surface area (Å²) in [6, 6.07) is 2.00. The largest absolute Gasteiger partial charge is 0.388 e. The molecule has 2 aromatic heterocycles. The summed E-state index contributed by atoms with van der Waals surface area (Å²) in [4.78, 5) is 14.0. The van der Waals surface area contributed by atoms with Crippen LogP contribution in [0.2, 0.25) is 0 Å². The second kappa shape index (κ2) is 4.35. The fourth-order valence-electron chi connectivity index (χ4n) is 2.91. The van der Waals surface area contributed by atoms with E-state index < -0.39 is 0 Å². The minimum atomic E-state index is -0.374. The van der Waals surface area contributed by atoms with Crippen molar-refractivity contribution in [2.45, 2.75) is 39.3 Å². The summed E-state index contributed by atoms with van der Waals surface area (Å²) < 4.78 is 2.14. The van der Waals surface area contributed by atoms with Gasteiger partial charge in [-0.25, -0.2) is 0 Å². The third-order valence-corrected chi connectivity index (χ3v) is 4.49. The van der Waals surface area contributed by atoms with Crippen molar-refractivity contribution >= 4 is 11.3 Å². The molecular formula is C14H18N2O2S. The highest BCUT2D eigenvalue weighted by Crippen LogP contribution is 2.41. The average Bonchev–Trinajstić information content (AvgIpc) is 2.86. The first-order valence-corrected chi connectivity index (χ1v) is 7.35. The van der Waals surface area contributed by atoms with Gasteiger partial charge in [-0.3, -0.25) is 4.79 Å². The van der Waals surface area contributed by atoms with Crippen LogP contribution in [0.5, 0.6) is 0 Å². The molecule has 2 N–H and O–H groups in total. The van der Waals surface area contributed by atoms with E-state index in [2.05, 4.69) is 23.4 Å². The van der Waals surface area contributed by atoms with Gasteiger partial charge in [-0.05, 0) is 24.3 Å². The van der Waals surface area contributed by atoms with Crippen molar-refractivity contribution in [1.29, 1.82) is 0 Å². The summed E-state index contributed by atoms with van der Waals surface area (Å²) in [7, 11) is 0. The van der Waals surface area contributed by atoms with Crippen LogP contribution in [0, 0.1) is 5.41 Å². The number of hydrogen-bond acceptors (Lipinski definition) is 3. The van der Waals surface area contributed by atoms with Crippen LogP contribution < -0.4 is 4.87 Å². The maximum atomic E-state index is 11.2. The van der Waals surface area contributed by atoms with E-state index in [1.165, 1.54) is 17.0 Å². The van der Waals surface area contributed by atoms with Gasteiger partial charge in [0, 0.05) is 28.5 Å². The Balaban J connectivity index is 1.94. The summed E-state index contributed by atoms with van der Waals surface area (Å²) in [5, 5.41) is 12.1. The van der Waals surface area contributed by atoms with Crippen molar-refractivity contribution in [3.05, 3.63) is 44.3 Å². The fraction of sp³-hybridized carbons (Fsp3) is 0.500. The van der Waals surface area contributed by atoms with E-state index in [-0.39, 0.29) is 16.4 Å². The number of aliphatic hydroxyl groups excluding tert-OH is 1. The van der Waals surface area contributed by atoms with Gasteiger partial charge in [0.25, 0.3) is 0 Å². The van der Waals surface area contributed by atoms with Crippen molar-refractivity contribution in [3.63, 3.8) is 0 Å². The van der Waals surface area contributed by atoms with Gasteiger partial charge in [-0.2, -0.15) is 0 Å². The summed E-state index contributed by atoms with van der Waals surface area (Å²) >= 11 is 1.19. The predicted molar refractivity (Wildman–Crippen MR) is 75.5 cm³/mol. The number of nitrogens with zero attached hydrogens (tertiary/aromatic N) is 1. The minimum absolute atomic E-state index is 0.0172. The zero-order valence-electron chi connectivity index (χ0n) is 11.1. The SMILES string of the molecule is CC1(C)Cc2c(ccn2Cc2csc(=O)[nH]2)C(O)C1. The van der Waals surface area contributed by atoms with Crippen LogP contribution in [-0.4, -0.2) is 14.7 Å². The topological polar surface area (TPSA) is 58.0 Å². The van der Waals surface area contributed by atoms with E-state index in [0.29, 0.717) is 6.54 Å². The number of aromatic nitrogens is 2. The maximum Gasteiger partial charge on any atom is 0.304 e. The lowest BCUT2D eigenvalue weighted by Gasteiger charge is -2.33. The van der Waals surface area contributed by atoms with E-state index >= 15 is 0 Å². The second-order valence-electron chi connectivity index (χ2n) is 6.08. The van der Waals surface area contributed by atoms with E-state index in [9.17, 15) is 9.90 Å². The Morgan fingerprint density at radius 1 is 1.58 bits per heavy atom. The molecule has 1 unspecified atom stereocenters. The average molecular weight is 278 g/mol. The van der Waals surface area contributed by atoms with E-state index in [1.54, 1.807) is 0 Å². The standard InChI is InChI=1S/C14H18N2O2S/c1-14(2)5-11-10(12(17)6-14)3-4-16(11)7-9-8-19-13(18)15-9/h3-4,8,12,17H,5-7H2,1-2H3,(H,15,18). The lowest BCUT2D eigenvalue weighted by atomic mass is 9.75. The molecule has 0 aliphatic heterocycles. The Hall–Kier alpha value is -1.33. The van der Waals surface area contributed by atoms with Crippen LogP contribution in [-0.2, 0) is 13.0 Å². The van der Waals surface area contributed by atoms with Gasteiger partial charge in [0.05, 0.1) is 12.6 Å². The monoisotopic (exact) mass is 278 g/mol. The van der Waals surface area contributed by atoms with Crippen molar-refractivity contribution in [3.8, 4) is 0 Å². The smallest absolute Gasteiger partial charge is 0.304 e. The van der Waals surface area contributed by atoms with Gasteiger partial charge >= 0.3 is 4.87 Å². The number of rotatable bonds is 2. The molecule has 2 aromatic rings. The van der Waals surface area contributed by atoms with Crippen LogP contribution in [0.1, 0.15) is 43.3 Å². The van der Waals surface area contributed by atoms with Crippen molar-refractivity contribution in [1.82, 2.24) is 9.55 Å². The molecule has 0 bridgehead atoms. The lowest BCUT2D eigenvalue weighted by molar-refractivity contribution is 0.0981. The molecule has 1 aliphatic rings. The quantitative estimate of drug-likeness (QED) is 0.885. The Kier molecular flexibility index (Phi) is 2.91.